The van der Waals surface area contributed by atoms with Crippen LogP contribution in [0.5, 0.6) is 0 Å². The second-order valence-corrected chi connectivity index (χ2v) is 5.62. The van der Waals surface area contributed by atoms with E-state index in [4.69, 9.17) is 4.74 Å². The molecule has 0 heterocycles. The molecule has 0 aliphatic carbocycles. The molecule has 0 rings (SSSR count). The molecule has 0 spiro atoms. The van der Waals surface area contributed by atoms with Gasteiger partial charge in [-0.25, -0.2) is 9.59 Å². The zero-order valence-corrected chi connectivity index (χ0v) is 12.7. The van der Waals surface area contributed by atoms with Crippen LogP contribution in [0.4, 0.5) is 4.79 Å². The molecule has 1 amide bonds. The lowest BCUT2D eigenvalue weighted by molar-refractivity contribution is -0.143. The van der Waals surface area contributed by atoms with Crippen molar-refractivity contribution in [3.05, 3.63) is 0 Å². The number of carbonyl (C=O) groups is 2. The first kappa shape index (κ1) is 17.7. The number of nitrogens with zero attached hydrogens (tertiary/aromatic N) is 1. The third-order valence-electron chi connectivity index (χ3n) is 2.71. The number of carboxylic acids is 1. The van der Waals surface area contributed by atoms with Gasteiger partial charge in [0, 0.05) is 6.54 Å². The molecule has 0 aliphatic rings. The summed E-state index contributed by atoms with van der Waals surface area (Å²) in [4.78, 5) is 24.6. The number of carboxylic acid groups (broad SMARTS) is 1. The second kappa shape index (κ2) is 8.02. The van der Waals surface area contributed by atoms with Gasteiger partial charge in [0.2, 0.25) is 0 Å². The van der Waals surface area contributed by atoms with Crippen LogP contribution in [-0.2, 0) is 9.53 Å². The first-order chi connectivity index (χ1) is 8.72. The molecule has 5 heteroatoms. The Hall–Kier alpha value is -1.26. The minimum atomic E-state index is -0.969. The number of aliphatic carboxylic acids is 1. The number of hydrogen-bond acceptors (Lipinski definition) is 3. The number of likely N-dealkylation sites (N-methyl/N-ethyl adjacent to an activating group) is 1. The summed E-state index contributed by atoms with van der Waals surface area (Å²) in [5, 5.41) is 9.27. The number of hydrogen-bond donors (Lipinski definition) is 1. The Labute approximate surface area is 115 Å². The molecule has 0 aromatic heterocycles. The molecular weight excluding hydrogens is 246 g/mol. The van der Waals surface area contributed by atoms with Gasteiger partial charge in [-0.15, -0.1) is 0 Å². The standard InChI is InChI=1S/C14H27NO4/c1-6-8-9-10-11(12(16)17)15(7-2)13(18)19-14(3,4)5/h11H,6-10H2,1-5H3,(H,16,17). The van der Waals surface area contributed by atoms with E-state index in [0.29, 0.717) is 13.0 Å². The summed E-state index contributed by atoms with van der Waals surface area (Å²) < 4.78 is 5.25. The summed E-state index contributed by atoms with van der Waals surface area (Å²) in [7, 11) is 0. The van der Waals surface area contributed by atoms with Gasteiger partial charge in [-0.2, -0.15) is 0 Å². The summed E-state index contributed by atoms with van der Waals surface area (Å²) in [6.07, 6.45) is 2.70. The van der Waals surface area contributed by atoms with E-state index in [0.717, 1.165) is 19.3 Å². The quantitative estimate of drug-likeness (QED) is 0.723. The van der Waals surface area contributed by atoms with Gasteiger partial charge < -0.3 is 9.84 Å². The van der Waals surface area contributed by atoms with E-state index < -0.39 is 23.7 Å². The molecule has 1 unspecified atom stereocenters. The average molecular weight is 273 g/mol. The molecule has 112 valence electrons. The van der Waals surface area contributed by atoms with E-state index in [1.165, 1.54) is 4.90 Å². The predicted molar refractivity (Wildman–Crippen MR) is 74.2 cm³/mol. The number of rotatable bonds is 7. The minimum absolute atomic E-state index is 0.331. The van der Waals surface area contributed by atoms with Crippen molar-refractivity contribution < 1.29 is 19.4 Å². The Kier molecular flexibility index (Phi) is 7.49. The van der Waals surface area contributed by atoms with Crippen molar-refractivity contribution in [1.29, 1.82) is 0 Å². The summed E-state index contributed by atoms with van der Waals surface area (Å²) >= 11 is 0. The summed E-state index contributed by atoms with van der Waals surface area (Å²) in [6.45, 7) is 9.46. The molecule has 0 fully saturated rings. The lowest BCUT2D eigenvalue weighted by Crippen LogP contribution is -2.47. The maximum Gasteiger partial charge on any atom is 0.411 e. The molecular formula is C14H27NO4. The van der Waals surface area contributed by atoms with E-state index in [1.807, 2.05) is 0 Å². The van der Waals surface area contributed by atoms with E-state index in [1.54, 1.807) is 27.7 Å². The Morgan fingerprint density at radius 3 is 2.16 bits per heavy atom. The van der Waals surface area contributed by atoms with Crippen molar-refractivity contribution in [3.8, 4) is 0 Å². The molecule has 19 heavy (non-hydrogen) atoms. The monoisotopic (exact) mass is 273 g/mol. The van der Waals surface area contributed by atoms with Gasteiger partial charge in [-0.3, -0.25) is 4.90 Å². The fraction of sp³-hybridized carbons (Fsp3) is 0.857. The summed E-state index contributed by atoms with van der Waals surface area (Å²) in [5.74, 6) is -0.969. The molecule has 0 saturated carbocycles. The number of unbranched alkanes of at least 4 members (excludes halogenated alkanes) is 2. The summed E-state index contributed by atoms with van der Waals surface area (Å²) in [6, 6.07) is -0.800. The highest BCUT2D eigenvalue weighted by Gasteiger charge is 2.31. The van der Waals surface area contributed by atoms with Crippen LogP contribution in [0.2, 0.25) is 0 Å². The fourth-order valence-corrected chi connectivity index (χ4v) is 1.80. The van der Waals surface area contributed by atoms with Crippen molar-refractivity contribution in [3.63, 3.8) is 0 Å². The third kappa shape index (κ3) is 7.03. The third-order valence-corrected chi connectivity index (χ3v) is 2.71. The highest BCUT2D eigenvalue weighted by molar-refractivity contribution is 5.80. The second-order valence-electron chi connectivity index (χ2n) is 5.62. The molecule has 0 aromatic rings. The van der Waals surface area contributed by atoms with Crippen LogP contribution in [0, 0.1) is 0 Å². The molecule has 0 aliphatic heterocycles. The van der Waals surface area contributed by atoms with E-state index in [-0.39, 0.29) is 0 Å². The molecule has 0 saturated heterocycles. The van der Waals surface area contributed by atoms with Gasteiger partial charge in [-0.1, -0.05) is 26.2 Å². The molecule has 1 atom stereocenters. The zero-order chi connectivity index (χ0) is 15.1. The van der Waals surface area contributed by atoms with Crippen molar-refractivity contribution in [2.75, 3.05) is 6.54 Å². The van der Waals surface area contributed by atoms with Crippen molar-refractivity contribution in [2.45, 2.75) is 71.9 Å². The molecule has 0 bridgehead atoms. The highest BCUT2D eigenvalue weighted by atomic mass is 16.6. The highest BCUT2D eigenvalue weighted by Crippen LogP contribution is 2.15. The molecule has 1 N–H and O–H groups in total. The van der Waals surface area contributed by atoms with Gasteiger partial charge >= 0.3 is 12.1 Å². The fourth-order valence-electron chi connectivity index (χ4n) is 1.80. The topological polar surface area (TPSA) is 66.8 Å². The van der Waals surface area contributed by atoms with Crippen LogP contribution in [0.15, 0.2) is 0 Å². The van der Waals surface area contributed by atoms with Gasteiger partial charge in [0.1, 0.15) is 11.6 Å². The Bertz CT molecular complexity index is 296. The SMILES string of the molecule is CCCCCC(C(=O)O)N(CC)C(=O)OC(C)(C)C. The largest absolute Gasteiger partial charge is 0.480 e. The molecule has 0 aromatic carbocycles. The van der Waals surface area contributed by atoms with E-state index in [2.05, 4.69) is 6.92 Å². The van der Waals surface area contributed by atoms with Crippen LogP contribution in [0.3, 0.4) is 0 Å². The van der Waals surface area contributed by atoms with Crippen molar-refractivity contribution in [1.82, 2.24) is 4.90 Å². The zero-order valence-electron chi connectivity index (χ0n) is 12.7. The number of carbonyl (C=O) groups excluding carboxylic acids is 1. The van der Waals surface area contributed by atoms with Crippen LogP contribution >= 0.6 is 0 Å². The average Bonchev–Trinajstić information content (AvgIpc) is 2.25. The van der Waals surface area contributed by atoms with E-state index in [9.17, 15) is 14.7 Å². The predicted octanol–water partition coefficient (Wildman–Crippen LogP) is 3.28. The number of amides is 1. The van der Waals surface area contributed by atoms with Gasteiger partial charge in [-0.05, 0) is 34.1 Å². The molecule has 0 radical (unpaired) electrons. The van der Waals surface area contributed by atoms with Crippen molar-refractivity contribution in [2.24, 2.45) is 0 Å². The van der Waals surface area contributed by atoms with Gasteiger partial charge in [0.05, 0.1) is 0 Å². The lowest BCUT2D eigenvalue weighted by Gasteiger charge is -2.30. The smallest absolute Gasteiger partial charge is 0.411 e. The normalized spacial score (nSPS) is 12.9. The van der Waals surface area contributed by atoms with Crippen molar-refractivity contribution >= 4 is 12.1 Å². The maximum absolute atomic E-state index is 12.0. The minimum Gasteiger partial charge on any atom is -0.480 e. The van der Waals surface area contributed by atoms with Gasteiger partial charge in [0.25, 0.3) is 0 Å². The Morgan fingerprint density at radius 1 is 1.21 bits per heavy atom. The lowest BCUT2D eigenvalue weighted by atomic mass is 10.1. The van der Waals surface area contributed by atoms with Crippen LogP contribution < -0.4 is 0 Å². The Morgan fingerprint density at radius 2 is 1.79 bits per heavy atom. The first-order valence-corrected chi connectivity index (χ1v) is 6.95. The Balaban J connectivity index is 4.74. The molecule has 5 nitrogen and oxygen atoms in total. The number of ether oxygens (including phenoxy) is 1. The first-order valence-electron chi connectivity index (χ1n) is 6.95. The van der Waals surface area contributed by atoms with Gasteiger partial charge in [0.15, 0.2) is 0 Å². The van der Waals surface area contributed by atoms with Crippen LogP contribution in [0.25, 0.3) is 0 Å². The van der Waals surface area contributed by atoms with E-state index >= 15 is 0 Å². The maximum atomic E-state index is 12.0. The van der Waals surface area contributed by atoms with Crippen LogP contribution in [0.1, 0.15) is 60.3 Å². The van der Waals surface area contributed by atoms with Crippen LogP contribution in [-0.4, -0.2) is 40.3 Å². The summed E-state index contributed by atoms with van der Waals surface area (Å²) in [5.41, 5.74) is -0.614.